The van der Waals surface area contributed by atoms with Crippen LogP contribution < -0.4 is 4.90 Å². The van der Waals surface area contributed by atoms with E-state index in [1.165, 1.54) is 4.90 Å². The average molecular weight is 232 g/mol. The summed E-state index contributed by atoms with van der Waals surface area (Å²) >= 11 is 5.40. The van der Waals surface area contributed by atoms with Crippen molar-refractivity contribution in [3.8, 4) is 0 Å². The highest BCUT2D eigenvalue weighted by molar-refractivity contribution is 6.29. The number of hydrogen-bond donors (Lipinski definition) is 0. The van der Waals surface area contributed by atoms with E-state index in [1.54, 1.807) is 0 Å². The van der Waals surface area contributed by atoms with E-state index in [2.05, 4.69) is 0 Å². The van der Waals surface area contributed by atoms with Gasteiger partial charge in [-0.15, -0.1) is 11.6 Å². The van der Waals surface area contributed by atoms with Crippen molar-refractivity contribution in [2.75, 3.05) is 17.3 Å². The van der Waals surface area contributed by atoms with E-state index in [-0.39, 0.29) is 11.8 Å². The van der Waals surface area contributed by atoms with Gasteiger partial charge in [-0.1, -0.05) is 0 Å². The molecule has 0 aromatic heterocycles. The van der Waals surface area contributed by atoms with Crippen LogP contribution in [0.2, 0.25) is 0 Å². The van der Waals surface area contributed by atoms with Crippen LogP contribution in [0.15, 0.2) is 12.1 Å². The summed E-state index contributed by atoms with van der Waals surface area (Å²) in [6.07, 6.45) is 0.407. The van der Waals surface area contributed by atoms with Gasteiger partial charge in [-0.25, -0.2) is 8.78 Å². The minimum atomic E-state index is -0.680. The van der Waals surface area contributed by atoms with Crippen molar-refractivity contribution >= 4 is 23.2 Å². The second-order valence-corrected chi connectivity index (χ2v) is 3.58. The van der Waals surface area contributed by atoms with Crippen molar-refractivity contribution < 1.29 is 13.6 Å². The van der Waals surface area contributed by atoms with Crippen molar-refractivity contribution in [2.24, 2.45) is 0 Å². The molecular formula is C10H8ClF2NO. The number of anilines is 1. The number of hydrogen-bond acceptors (Lipinski definition) is 1. The summed E-state index contributed by atoms with van der Waals surface area (Å²) < 4.78 is 26.2. The maximum atomic E-state index is 13.3. The van der Waals surface area contributed by atoms with Crippen molar-refractivity contribution in [1.29, 1.82) is 0 Å². The number of rotatable bonds is 1. The van der Waals surface area contributed by atoms with Crippen LogP contribution >= 0.6 is 11.6 Å². The monoisotopic (exact) mass is 231 g/mol. The van der Waals surface area contributed by atoms with Crippen molar-refractivity contribution in [3.05, 3.63) is 29.3 Å². The summed E-state index contributed by atoms with van der Waals surface area (Å²) in [4.78, 5) is 12.7. The zero-order chi connectivity index (χ0) is 11.0. The predicted octanol–water partition coefficient (Wildman–Crippen LogP) is 2.09. The molecule has 1 amide bonds. The second-order valence-electron chi connectivity index (χ2n) is 3.31. The molecule has 0 fully saturated rings. The Balaban J connectivity index is 2.46. The summed E-state index contributed by atoms with van der Waals surface area (Å²) in [5.41, 5.74) is 0.688. The van der Waals surface area contributed by atoms with Gasteiger partial charge in [0.1, 0.15) is 17.5 Å². The van der Waals surface area contributed by atoms with Crippen LogP contribution in [-0.4, -0.2) is 18.3 Å². The molecule has 0 spiro atoms. The van der Waals surface area contributed by atoms with E-state index in [4.69, 9.17) is 11.6 Å². The quantitative estimate of drug-likeness (QED) is 0.678. The highest BCUT2D eigenvalue weighted by Crippen LogP contribution is 2.31. The van der Waals surface area contributed by atoms with Crippen LogP contribution in [0, 0.1) is 11.6 Å². The lowest BCUT2D eigenvalue weighted by Crippen LogP contribution is -2.29. The Hall–Kier alpha value is -1.16. The third-order valence-corrected chi connectivity index (χ3v) is 2.66. The number of amides is 1. The molecule has 0 bridgehead atoms. The van der Waals surface area contributed by atoms with Crippen molar-refractivity contribution in [2.45, 2.75) is 6.42 Å². The van der Waals surface area contributed by atoms with Crippen LogP contribution in [0.25, 0.3) is 0 Å². The number of alkyl halides is 1. The molecule has 1 aromatic rings. The van der Waals surface area contributed by atoms with E-state index in [0.717, 1.165) is 12.1 Å². The van der Waals surface area contributed by atoms with Crippen molar-refractivity contribution in [3.63, 3.8) is 0 Å². The molecule has 0 unspecified atom stereocenters. The molecule has 0 saturated carbocycles. The fourth-order valence-corrected chi connectivity index (χ4v) is 1.90. The zero-order valence-electron chi connectivity index (χ0n) is 7.77. The number of carbonyl (C=O) groups is 1. The fraction of sp³-hybridized carbons (Fsp3) is 0.300. The Morgan fingerprint density at radius 2 is 2.20 bits per heavy atom. The van der Waals surface area contributed by atoms with E-state index >= 15 is 0 Å². The molecule has 5 heteroatoms. The number of benzene rings is 1. The SMILES string of the molecule is O=C(CCl)N1CCc2c(F)cc(F)cc21. The van der Waals surface area contributed by atoms with Gasteiger partial charge in [-0.05, 0) is 12.5 Å². The lowest BCUT2D eigenvalue weighted by Gasteiger charge is -2.15. The predicted molar refractivity (Wildman–Crippen MR) is 53.1 cm³/mol. The van der Waals surface area contributed by atoms with Crippen LogP contribution in [0.4, 0.5) is 14.5 Å². The lowest BCUT2D eigenvalue weighted by molar-refractivity contribution is -0.116. The second kappa shape index (κ2) is 3.77. The maximum absolute atomic E-state index is 13.3. The molecule has 1 heterocycles. The van der Waals surface area contributed by atoms with E-state index in [0.29, 0.717) is 24.2 Å². The number of fused-ring (bicyclic) bond motifs is 1. The first kappa shape index (κ1) is 10.4. The first-order chi connectivity index (χ1) is 7.13. The van der Waals surface area contributed by atoms with Gasteiger partial charge in [-0.2, -0.15) is 0 Å². The van der Waals surface area contributed by atoms with Gasteiger partial charge < -0.3 is 4.90 Å². The largest absolute Gasteiger partial charge is 0.311 e. The summed E-state index contributed by atoms with van der Waals surface area (Å²) in [5, 5.41) is 0. The molecule has 0 atom stereocenters. The Morgan fingerprint density at radius 3 is 2.87 bits per heavy atom. The fourth-order valence-electron chi connectivity index (χ4n) is 1.75. The number of nitrogens with zero attached hydrogens (tertiary/aromatic N) is 1. The van der Waals surface area contributed by atoms with Crippen LogP contribution in [0.3, 0.4) is 0 Å². The van der Waals surface area contributed by atoms with Gasteiger partial charge >= 0.3 is 0 Å². The van der Waals surface area contributed by atoms with E-state index in [9.17, 15) is 13.6 Å². The van der Waals surface area contributed by atoms with Gasteiger partial charge in [0, 0.05) is 18.2 Å². The number of halogens is 3. The topological polar surface area (TPSA) is 20.3 Å². The molecule has 2 nitrogen and oxygen atoms in total. The molecular weight excluding hydrogens is 224 g/mol. The van der Waals surface area contributed by atoms with Gasteiger partial charge in [-0.3, -0.25) is 4.79 Å². The molecule has 80 valence electrons. The molecule has 0 N–H and O–H groups in total. The first-order valence-electron chi connectivity index (χ1n) is 4.47. The smallest absolute Gasteiger partial charge is 0.241 e. The Bertz CT molecular complexity index is 422. The molecule has 0 aliphatic carbocycles. The molecule has 1 aliphatic heterocycles. The summed E-state index contributed by atoms with van der Waals surface area (Å²) in [7, 11) is 0. The summed E-state index contributed by atoms with van der Waals surface area (Å²) in [6.45, 7) is 0.362. The third-order valence-electron chi connectivity index (χ3n) is 2.43. The molecule has 0 radical (unpaired) electrons. The highest BCUT2D eigenvalue weighted by atomic mass is 35.5. The standard InChI is InChI=1S/C10H8ClF2NO/c11-5-10(15)14-2-1-7-8(13)3-6(12)4-9(7)14/h3-4H,1-2,5H2. The minimum Gasteiger partial charge on any atom is -0.311 e. The van der Waals surface area contributed by atoms with Gasteiger partial charge in [0.25, 0.3) is 0 Å². The summed E-state index contributed by atoms with van der Waals surface area (Å²) in [5.74, 6) is -1.80. The molecule has 1 aromatic carbocycles. The van der Waals surface area contributed by atoms with E-state index < -0.39 is 11.6 Å². The molecule has 15 heavy (non-hydrogen) atoms. The maximum Gasteiger partial charge on any atom is 0.241 e. The Morgan fingerprint density at radius 1 is 1.47 bits per heavy atom. The van der Waals surface area contributed by atoms with Gasteiger partial charge in [0.2, 0.25) is 5.91 Å². The van der Waals surface area contributed by atoms with E-state index in [1.807, 2.05) is 0 Å². The zero-order valence-corrected chi connectivity index (χ0v) is 8.52. The normalized spacial score (nSPS) is 14.2. The van der Waals surface area contributed by atoms with Crippen LogP contribution in [0.1, 0.15) is 5.56 Å². The summed E-state index contributed by atoms with van der Waals surface area (Å²) in [6, 6.07) is 1.99. The van der Waals surface area contributed by atoms with Crippen LogP contribution in [0.5, 0.6) is 0 Å². The number of carbonyl (C=O) groups excluding carboxylic acids is 1. The van der Waals surface area contributed by atoms with Gasteiger partial charge in [0.15, 0.2) is 0 Å². The third kappa shape index (κ3) is 1.69. The Kier molecular flexibility index (Phi) is 2.61. The average Bonchev–Trinajstić information content (AvgIpc) is 2.60. The highest BCUT2D eigenvalue weighted by Gasteiger charge is 2.27. The Labute approximate surface area is 90.4 Å². The van der Waals surface area contributed by atoms with Crippen LogP contribution in [-0.2, 0) is 11.2 Å². The van der Waals surface area contributed by atoms with Crippen molar-refractivity contribution in [1.82, 2.24) is 0 Å². The molecule has 1 aliphatic rings. The molecule has 0 saturated heterocycles. The first-order valence-corrected chi connectivity index (χ1v) is 5.01. The van der Waals surface area contributed by atoms with Gasteiger partial charge in [0.05, 0.1) is 5.69 Å². The molecule has 2 rings (SSSR count). The minimum absolute atomic E-state index is 0.183. The lowest BCUT2D eigenvalue weighted by atomic mass is 10.1.